The highest BCUT2D eigenvalue weighted by molar-refractivity contribution is 5.38. The number of hydrogen-bond acceptors (Lipinski definition) is 0. The van der Waals surface area contributed by atoms with Crippen molar-refractivity contribution >= 4 is 0 Å². The van der Waals surface area contributed by atoms with Gasteiger partial charge in [0.2, 0.25) is 0 Å². The van der Waals surface area contributed by atoms with Crippen molar-refractivity contribution in [2.45, 2.75) is 61.1 Å². The second-order valence-corrected chi connectivity index (χ2v) is 7.23. The fraction of sp³-hybridized carbons (Fsp3) is 0.750. The maximum atomic E-state index is 14.6. The van der Waals surface area contributed by atoms with Gasteiger partial charge in [-0.2, -0.15) is 0 Å². The molecule has 0 aromatic heterocycles. The Morgan fingerprint density at radius 1 is 1.22 bits per heavy atom. The second-order valence-electron chi connectivity index (χ2n) is 7.23. The summed E-state index contributed by atoms with van der Waals surface area (Å²) in [7, 11) is 0. The molecule has 18 heavy (non-hydrogen) atoms. The first-order valence-corrected chi connectivity index (χ1v) is 6.71. The molecule has 1 aliphatic rings. The molecule has 0 spiro atoms. The lowest BCUT2D eigenvalue weighted by atomic mass is 9.59. The van der Waals surface area contributed by atoms with Crippen LogP contribution in [-0.4, -0.2) is 6.17 Å². The molecule has 2 unspecified atom stereocenters. The van der Waals surface area contributed by atoms with E-state index in [-0.39, 0.29) is 10.8 Å². The van der Waals surface area contributed by atoms with Crippen LogP contribution in [0.15, 0.2) is 23.6 Å². The molecule has 1 aliphatic carbocycles. The van der Waals surface area contributed by atoms with Crippen molar-refractivity contribution < 1.29 is 8.78 Å². The SMILES string of the molecule is CCC(C)(C)C1(C)C=CC(C(C)(C)C)=C(F)C1F. The molecule has 0 fully saturated rings. The van der Waals surface area contributed by atoms with E-state index in [0.717, 1.165) is 6.42 Å². The Hall–Kier alpha value is -0.660. The summed E-state index contributed by atoms with van der Waals surface area (Å²) in [6.07, 6.45) is 2.91. The summed E-state index contributed by atoms with van der Waals surface area (Å²) < 4.78 is 29.0. The molecule has 0 radical (unpaired) electrons. The molecule has 2 atom stereocenters. The molecule has 0 saturated carbocycles. The third kappa shape index (κ3) is 2.26. The van der Waals surface area contributed by atoms with E-state index in [2.05, 4.69) is 0 Å². The van der Waals surface area contributed by atoms with E-state index in [1.807, 2.05) is 54.5 Å². The number of allylic oxidation sites excluding steroid dienone is 4. The van der Waals surface area contributed by atoms with Crippen LogP contribution < -0.4 is 0 Å². The molecular weight excluding hydrogens is 230 g/mol. The third-order valence-corrected chi connectivity index (χ3v) is 4.75. The predicted octanol–water partition coefficient (Wildman–Crippen LogP) is 5.61. The largest absolute Gasteiger partial charge is 0.239 e. The number of halogens is 2. The molecule has 0 amide bonds. The predicted molar refractivity (Wildman–Crippen MR) is 73.8 cm³/mol. The quantitative estimate of drug-likeness (QED) is 0.602. The summed E-state index contributed by atoms with van der Waals surface area (Å²) in [5.41, 5.74) is -0.924. The van der Waals surface area contributed by atoms with Gasteiger partial charge in [-0.25, -0.2) is 8.78 Å². The minimum atomic E-state index is -1.55. The topological polar surface area (TPSA) is 0 Å². The minimum absolute atomic E-state index is 0.274. The van der Waals surface area contributed by atoms with Gasteiger partial charge in [0.15, 0.2) is 6.17 Å². The summed E-state index contributed by atoms with van der Waals surface area (Å²) >= 11 is 0. The zero-order chi connectivity index (χ0) is 14.4. The monoisotopic (exact) mass is 256 g/mol. The Morgan fingerprint density at radius 2 is 1.72 bits per heavy atom. The van der Waals surface area contributed by atoms with Gasteiger partial charge in [0.05, 0.1) is 0 Å². The Morgan fingerprint density at radius 3 is 2.11 bits per heavy atom. The van der Waals surface area contributed by atoms with Gasteiger partial charge in [0, 0.05) is 5.41 Å². The van der Waals surface area contributed by atoms with Crippen LogP contribution in [0, 0.1) is 16.2 Å². The van der Waals surface area contributed by atoms with Crippen LogP contribution in [0.25, 0.3) is 0 Å². The summed E-state index contributed by atoms with van der Waals surface area (Å²) in [6, 6.07) is 0. The highest BCUT2D eigenvalue weighted by atomic mass is 19.2. The summed E-state index contributed by atoms with van der Waals surface area (Å²) in [5.74, 6) is -0.589. The van der Waals surface area contributed by atoms with Crippen LogP contribution in [0.5, 0.6) is 0 Å². The van der Waals surface area contributed by atoms with E-state index in [9.17, 15) is 8.78 Å². The number of alkyl halides is 1. The lowest BCUT2D eigenvalue weighted by Crippen LogP contribution is -2.43. The van der Waals surface area contributed by atoms with Crippen molar-refractivity contribution in [3.05, 3.63) is 23.6 Å². The highest BCUT2D eigenvalue weighted by Gasteiger charge is 2.49. The van der Waals surface area contributed by atoms with Crippen molar-refractivity contribution in [3.8, 4) is 0 Å². The number of hydrogen-bond donors (Lipinski definition) is 0. The van der Waals surface area contributed by atoms with Gasteiger partial charge in [-0.15, -0.1) is 0 Å². The molecule has 0 heterocycles. The minimum Gasteiger partial charge on any atom is -0.239 e. The van der Waals surface area contributed by atoms with Gasteiger partial charge >= 0.3 is 0 Å². The maximum Gasteiger partial charge on any atom is 0.161 e. The number of rotatable bonds is 2. The van der Waals surface area contributed by atoms with Gasteiger partial charge in [0.25, 0.3) is 0 Å². The fourth-order valence-corrected chi connectivity index (χ4v) is 2.38. The zero-order valence-electron chi connectivity index (χ0n) is 12.7. The molecule has 0 aliphatic heterocycles. The molecule has 0 N–H and O–H groups in total. The highest BCUT2D eigenvalue weighted by Crippen LogP contribution is 2.52. The van der Waals surface area contributed by atoms with Crippen molar-refractivity contribution in [3.63, 3.8) is 0 Å². The first-order valence-electron chi connectivity index (χ1n) is 6.71. The Bertz CT molecular complexity index is 382. The Labute approximate surface area is 110 Å². The first kappa shape index (κ1) is 15.4. The molecule has 0 saturated heterocycles. The van der Waals surface area contributed by atoms with Crippen LogP contribution in [0.4, 0.5) is 8.78 Å². The zero-order valence-corrected chi connectivity index (χ0v) is 12.7. The third-order valence-electron chi connectivity index (χ3n) is 4.75. The molecule has 1 rings (SSSR count). The standard InChI is InChI=1S/C16H26F2/c1-8-15(5,6)16(7)10-9-11(14(2,3)4)12(17)13(16)18/h9-10,13H,8H2,1-7H3. The summed E-state index contributed by atoms with van der Waals surface area (Å²) in [6.45, 7) is 13.6. The van der Waals surface area contributed by atoms with Crippen molar-refractivity contribution in [1.82, 2.24) is 0 Å². The van der Waals surface area contributed by atoms with E-state index in [4.69, 9.17) is 0 Å². The van der Waals surface area contributed by atoms with Crippen molar-refractivity contribution in [2.75, 3.05) is 0 Å². The second kappa shape index (κ2) is 4.47. The molecule has 0 nitrogen and oxygen atoms in total. The van der Waals surface area contributed by atoms with E-state index in [1.165, 1.54) is 0 Å². The van der Waals surface area contributed by atoms with E-state index >= 15 is 0 Å². The first-order chi connectivity index (χ1) is 7.97. The van der Waals surface area contributed by atoms with Gasteiger partial charge < -0.3 is 0 Å². The van der Waals surface area contributed by atoms with Gasteiger partial charge in [-0.05, 0) is 16.4 Å². The fourth-order valence-electron chi connectivity index (χ4n) is 2.38. The van der Waals surface area contributed by atoms with Crippen molar-refractivity contribution in [1.29, 1.82) is 0 Å². The summed E-state index contributed by atoms with van der Waals surface area (Å²) in [4.78, 5) is 0. The molecule has 104 valence electrons. The van der Waals surface area contributed by atoms with Gasteiger partial charge in [0.1, 0.15) is 5.83 Å². The van der Waals surface area contributed by atoms with E-state index < -0.39 is 17.4 Å². The Balaban J connectivity index is 3.26. The lowest BCUT2D eigenvalue weighted by Gasteiger charge is -2.46. The molecular formula is C16H26F2. The van der Waals surface area contributed by atoms with Gasteiger partial charge in [-0.3, -0.25) is 0 Å². The Kier molecular flexibility index (Phi) is 3.82. The van der Waals surface area contributed by atoms with Crippen LogP contribution in [0.3, 0.4) is 0 Å². The maximum absolute atomic E-state index is 14.6. The van der Waals surface area contributed by atoms with E-state index in [1.54, 1.807) is 6.08 Å². The van der Waals surface area contributed by atoms with Crippen LogP contribution in [0.1, 0.15) is 54.9 Å². The van der Waals surface area contributed by atoms with Crippen molar-refractivity contribution in [2.24, 2.45) is 16.2 Å². The normalized spacial score (nSPS) is 29.9. The molecule has 0 aromatic carbocycles. The molecule has 0 bridgehead atoms. The summed E-state index contributed by atoms with van der Waals surface area (Å²) in [5, 5.41) is 0. The smallest absolute Gasteiger partial charge is 0.161 e. The average Bonchev–Trinajstić information content (AvgIpc) is 2.24. The molecule has 2 heteroatoms. The lowest BCUT2D eigenvalue weighted by molar-refractivity contribution is 0.0423. The molecule has 0 aromatic rings. The van der Waals surface area contributed by atoms with E-state index in [0.29, 0.717) is 5.57 Å². The van der Waals surface area contributed by atoms with Crippen LogP contribution in [0.2, 0.25) is 0 Å². The van der Waals surface area contributed by atoms with Gasteiger partial charge in [-0.1, -0.05) is 67.0 Å². The average molecular weight is 256 g/mol. The van der Waals surface area contributed by atoms with Crippen LogP contribution >= 0.6 is 0 Å². The van der Waals surface area contributed by atoms with Crippen LogP contribution in [-0.2, 0) is 0 Å².